The highest BCUT2D eigenvalue weighted by molar-refractivity contribution is 6.06. The van der Waals surface area contributed by atoms with Gasteiger partial charge in [0.05, 0.1) is 18.5 Å². The van der Waals surface area contributed by atoms with Gasteiger partial charge in [-0.25, -0.2) is 4.98 Å². The molecule has 1 N–H and O–H groups in total. The lowest BCUT2D eigenvalue weighted by Gasteiger charge is -2.10. The van der Waals surface area contributed by atoms with Gasteiger partial charge < -0.3 is 19.1 Å². The van der Waals surface area contributed by atoms with Crippen molar-refractivity contribution in [1.29, 1.82) is 0 Å². The molecule has 37 heavy (non-hydrogen) atoms. The number of hydrogen-bond acceptors (Lipinski definition) is 7. The molecule has 2 aromatic carbocycles. The molecule has 0 saturated heterocycles. The molecule has 1 aliphatic carbocycles. The van der Waals surface area contributed by atoms with Gasteiger partial charge in [0.2, 0.25) is 11.8 Å². The number of benzene rings is 2. The summed E-state index contributed by atoms with van der Waals surface area (Å²) in [5.41, 5.74) is 3.07. The molecule has 10 nitrogen and oxygen atoms in total. The van der Waals surface area contributed by atoms with E-state index in [4.69, 9.17) is 9.26 Å². The van der Waals surface area contributed by atoms with E-state index in [1.165, 1.54) is 10.9 Å². The van der Waals surface area contributed by atoms with E-state index in [-0.39, 0.29) is 24.6 Å². The molecule has 10 heteroatoms. The number of carbonyl (C=O) groups excluding carboxylic acids is 1. The lowest BCUT2D eigenvalue weighted by molar-refractivity contribution is -0.116. The van der Waals surface area contributed by atoms with Crippen LogP contribution in [0.3, 0.4) is 0 Å². The van der Waals surface area contributed by atoms with Crippen LogP contribution in [0.1, 0.15) is 43.0 Å². The summed E-state index contributed by atoms with van der Waals surface area (Å²) < 4.78 is 14.0. The average molecular weight is 499 g/mol. The molecule has 0 radical (unpaired) electrons. The molecule has 5 aromatic rings. The number of nitrogens with one attached hydrogen (secondary N) is 1. The van der Waals surface area contributed by atoms with Crippen LogP contribution in [-0.2, 0) is 17.9 Å². The molecular weight excluding hydrogens is 472 g/mol. The van der Waals surface area contributed by atoms with Gasteiger partial charge in [-0.15, -0.1) is 0 Å². The molecule has 6 rings (SSSR count). The summed E-state index contributed by atoms with van der Waals surface area (Å²) in [6, 6.07) is 13.0. The predicted octanol–water partition coefficient (Wildman–Crippen LogP) is 4.01. The monoisotopic (exact) mass is 498 g/mol. The van der Waals surface area contributed by atoms with Crippen LogP contribution in [-0.4, -0.2) is 36.8 Å². The van der Waals surface area contributed by atoms with Crippen LogP contribution in [0.2, 0.25) is 0 Å². The van der Waals surface area contributed by atoms with E-state index >= 15 is 0 Å². The van der Waals surface area contributed by atoms with Gasteiger partial charge in [-0.05, 0) is 63.1 Å². The number of ether oxygens (including phenoxy) is 1. The van der Waals surface area contributed by atoms with Crippen LogP contribution in [0.5, 0.6) is 5.75 Å². The van der Waals surface area contributed by atoms with Gasteiger partial charge in [-0.3, -0.25) is 14.2 Å². The van der Waals surface area contributed by atoms with Crippen LogP contribution in [0.25, 0.3) is 21.9 Å². The SMILES string of the molecule is CCOc1ccc(NC(=O)Cn2c3ccc(C)cc3c3ncn(Cc4nc(C5CC5)no4)c(=O)c32)cc1. The molecule has 0 atom stereocenters. The number of rotatable bonds is 8. The van der Waals surface area contributed by atoms with E-state index < -0.39 is 0 Å². The van der Waals surface area contributed by atoms with Crippen LogP contribution in [0.4, 0.5) is 5.69 Å². The fourth-order valence-electron chi connectivity index (χ4n) is 4.52. The Kier molecular flexibility index (Phi) is 5.71. The minimum absolute atomic E-state index is 0.0520. The first-order valence-corrected chi connectivity index (χ1v) is 12.3. The molecule has 0 unspecified atom stereocenters. The minimum atomic E-state index is -0.279. The van der Waals surface area contributed by atoms with Crippen molar-refractivity contribution in [2.24, 2.45) is 0 Å². The number of fused-ring (bicyclic) bond motifs is 3. The second kappa shape index (κ2) is 9.20. The molecule has 0 aliphatic heterocycles. The fraction of sp³-hybridized carbons (Fsp3) is 0.296. The molecule has 1 amide bonds. The van der Waals surface area contributed by atoms with Crippen LogP contribution in [0, 0.1) is 6.92 Å². The normalized spacial score (nSPS) is 13.4. The lowest BCUT2D eigenvalue weighted by atomic mass is 10.1. The molecule has 1 fully saturated rings. The van der Waals surface area contributed by atoms with Crippen molar-refractivity contribution in [2.45, 2.75) is 45.7 Å². The van der Waals surface area contributed by atoms with Crippen molar-refractivity contribution >= 4 is 33.5 Å². The summed E-state index contributed by atoms with van der Waals surface area (Å²) in [6.07, 6.45) is 3.62. The fourth-order valence-corrected chi connectivity index (χ4v) is 4.52. The third-order valence-corrected chi connectivity index (χ3v) is 6.46. The first-order valence-electron chi connectivity index (χ1n) is 12.3. The topological polar surface area (TPSA) is 117 Å². The number of hydrogen-bond donors (Lipinski definition) is 1. The Morgan fingerprint density at radius 1 is 1.19 bits per heavy atom. The molecule has 1 saturated carbocycles. The van der Waals surface area contributed by atoms with E-state index in [0.29, 0.717) is 41.0 Å². The summed E-state index contributed by atoms with van der Waals surface area (Å²) >= 11 is 0. The van der Waals surface area contributed by atoms with Gasteiger partial charge in [0.25, 0.3) is 5.56 Å². The Labute approximate surface area is 211 Å². The molecule has 0 bridgehead atoms. The van der Waals surface area contributed by atoms with E-state index in [2.05, 4.69) is 20.4 Å². The Hall–Kier alpha value is -4.47. The van der Waals surface area contributed by atoms with Gasteiger partial charge in [0, 0.05) is 17.0 Å². The van der Waals surface area contributed by atoms with Crippen LogP contribution >= 0.6 is 0 Å². The Morgan fingerprint density at radius 2 is 2.00 bits per heavy atom. The van der Waals surface area contributed by atoms with E-state index in [1.807, 2.05) is 32.0 Å². The summed E-state index contributed by atoms with van der Waals surface area (Å²) in [5.74, 6) is 1.87. The van der Waals surface area contributed by atoms with Crippen molar-refractivity contribution in [2.75, 3.05) is 11.9 Å². The number of carbonyl (C=O) groups is 1. The smallest absolute Gasteiger partial charge is 0.278 e. The minimum Gasteiger partial charge on any atom is -0.494 e. The number of nitrogens with zero attached hydrogens (tertiary/aromatic N) is 5. The van der Waals surface area contributed by atoms with Crippen LogP contribution < -0.4 is 15.6 Å². The maximum absolute atomic E-state index is 13.7. The molecule has 0 spiro atoms. The van der Waals surface area contributed by atoms with Crippen molar-refractivity contribution in [3.05, 3.63) is 76.4 Å². The lowest BCUT2D eigenvalue weighted by Crippen LogP contribution is -2.25. The molecule has 1 aliphatic rings. The standard InChI is InChI=1S/C27H26N6O4/c1-3-36-19-9-7-18(8-10-19)29-22(34)13-33-21-11-4-16(2)12-20(21)24-25(33)27(35)32(15-28-24)14-23-30-26(31-37-23)17-5-6-17/h4,7-12,15,17H,3,5-6,13-14H2,1-2H3,(H,29,34). The molecule has 3 aromatic heterocycles. The van der Waals surface area contributed by atoms with Crippen molar-refractivity contribution in [3.63, 3.8) is 0 Å². The van der Waals surface area contributed by atoms with Gasteiger partial charge in [0.1, 0.15) is 29.9 Å². The van der Waals surface area contributed by atoms with Gasteiger partial charge in [0.15, 0.2) is 5.82 Å². The van der Waals surface area contributed by atoms with E-state index in [0.717, 1.165) is 35.1 Å². The van der Waals surface area contributed by atoms with E-state index in [9.17, 15) is 9.59 Å². The highest BCUT2D eigenvalue weighted by atomic mass is 16.5. The molecule has 3 heterocycles. The second-order valence-electron chi connectivity index (χ2n) is 9.31. The summed E-state index contributed by atoms with van der Waals surface area (Å²) in [7, 11) is 0. The summed E-state index contributed by atoms with van der Waals surface area (Å²) in [6.45, 7) is 4.53. The highest BCUT2D eigenvalue weighted by Gasteiger charge is 2.29. The third-order valence-electron chi connectivity index (χ3n) is 6.46. The highest BCUT2D eigenvalue weighted by Crippen LogP contribution is 2.38. The zero-order chi connectivity index (χ0) is 25.5. The Morgan fingerprint density at radius 3 is 2.76 bits per heavy atom. The number of amides is 1. The number of anilines is 1. The maximum Gasteiger partial charge on any atom is 0.278 e. The van der Waals surface area contributed by atoms with Crippen LogP contribution in [0.15, 0.2) is 58.1 Å². The van der Waals surface area contributed by atoms with Gasteiger partial charge >= 0.3 is 0 Å². The summed E-state index contributed by atoms with van der Waals surface area (Å²) in [4.78, 5) is 35.8. The first kappa shape index (κ1) is 23.0. The summed E-state index contributed by atoms with van der Waals surface area (Å²) in [5, 5.41) is 7.76. The largest absolute Gasteiger partial charge is 0.494 e. The first-order chi connectivity index (χ1) is 18.0. The quantitative estimate of drug-likeness (QED) is 0.344. The third kappa shape index (κ3) is 4.46. The number of aryl methyl sites for hydroxylation is 1. The van der Waals surface area contributed by atoms with Crippen molar-refractivity contribution < 1.29 is 14.1 Å². The Balaban J connectivity index is 1.35. The van der Waals surface area contributed by atoms with Crippen molar-refractivity contribution in [1.82, 2.24) is 24.3 Å². The Bertz CT molecular complexity index is 1680. The maximum atomic E-state index is 13.7. The van der Waals surface area contributed by atoms with Crippen molar-refractivity contribution in [3.8, 4) is 5.75 Å². The molecular formula is C27H26N6O4. The average Bonchev–Trinajstić information content (AvgIpc) is 3.56. The zero-order valence-electron chi connectivity index (χ0n) is 20.6. The molecule has 188 valence electrons. The zero-order valence-corrected chi connectivity index (χ0v) is 20.6. The predicted molar refractivity (Wildman–Crippen MR) is 138 cm³/mol. The van der Waals surface area contributed by atoms with Gasteiger partial charge in [-0.1, -0.05) is 16.8 Å². The second-order valence-corrected chi connectivity index (χ2v) is 9.31. The van der Waals surface area contributed by atoms with Gasteiger partial charge in [-0.2, -0.15) is 4.98 Å². The number of aromatic nitrogens is 5. The van der Waals surface area contributed by atoms with E-state index in [1.54, 1.807) is 28.8 Å².